The summed E-state index contributed by atoms with van der Waals surface area (Å²) in [5.41, 5.74) is 2.11. The zero-order chi connectivity index (χ0) is 26.4. The second-order valence-corrected chi connectivity index (χ2v) is 9.84. The van der Waals surface area contributed by atoms with Crippen LogP contribution in [0.4, 0.5) is 5.69 Å². The van der Waals surface area contributed by atoms with Gasteiger partial charge in [-0.05, 0) is 37.1 Å². The van der Waals surface area contributed by atoms with Gasteiger partial charge in [-0.25, -0.2) is 0 Å². The number of hydrogen-bond donors (Lipinski definition) is 0. The van der Waals surface area contributed by atoms with Crippen molar-refractivity contribution in [1.29, 1.82) is 0 Å². The van der Waals surface area contributed by atoms with E-state index in [1.165, 1.54) is 4.90 Å². The molecule has 10 heteroatoms. The quantitative estimate of drug-likeness (QED) is 0.313. The molecule has 37 heavy (non-hydrogen) atoms. The largest absolute Gasteiger partial charge is 0.493 e. The molecule has 0 N–H and O–H groups in total. The molecule has 0 aliphatic carbocycles. The highest BCUT2D eigenvalue weighted by Gasteiger charge is 2.34. The summed E-state index contributed by atoms with van der Waals surface area (Å²) < 4.78 is 5.95. The molecule has 2 heterocycles. The van der Waals surface area contributed by atoms with Crippen LogP contribution in [-0.2, 0) is 20.9 Å². The maximum atomic E-state index is 12.8. The lowest BCUT2D eigenvalue weighted by molar-refractivity contribution is -0.131. The van der Waals surface area contributed by atoms with E-state index in [-0.39, 0.29) is 24.8 Å². The third-order valence-corrected chi connectivity index (χ3v) is 7.60. The molecule has 0 radical (unpaired) electrons. The average Bonchev–Trinajstić information content (AvgIpc) is 3.25. The maximum Gasteiger partial charge on any atom is 0.255 e. The minimum absolute atomic E-state index is 0.0732. The van der Waals surface area contributed by atoms with Gasteiger partial charge in [-0.1, -0.05) is 35.3 Å². The van der Waals surface area contributed by atoms with Crippen molar-refractivity contribution in [3.8, 4) is 5.75 Å². The van der Waals surface area contributed by atoms with E-state index in [1.807, 2.05) is 17.0 Å². The van der Waals surface area contributed by atoms with Crippen molar-refractivity contribution in [2.75, 3.05) is 37.7 Å². The number of carbonyl (C=O) groups is 4. The van der Waals surface area contributed by atoms with Crippen LogP contribution in [0.25, 0.3) is 0 Å². The highest BCUT2D eigenvalue weighted by atomic mass is 35.5. The zero-order valence-corrected chi connectivity index (χ0v) is 21.9. The molecule has 1 fully saturated rings. The summed E-state index contributed by atoms with van der Waals surface area (Å²) in [6.45, 7) is 3.15. The predicted molar refractivity (Wildman–Crippen MR) is 141 cm³/mol. The summed E-state index contributed by atoms with van der Waals surface area (Å²) in [4.78, 5) is 53.2. The predicted octanol–water partition coefficient (Wildman–Crippen LogP) is 4.00. The SMILES string of the molecule is O=CCCC(C=O)N1Cc2c(OCCCC(=O)N3CCN(c4cccc(Cl)c4Cl)CC3)cccc2C1=O. The van der Waals surface area contributed by atoms with Crippen LogP contribution in [0.15, 0.2) is 36.4 Å². The van der Waals surface area contributed by atoms with Crippen molar-refractivity contribution < 1.29 is 23.9 Å². The van der Waals surface area contributed by atoms with E-state index in [2.05, 4.69) is 4.90 Å². The Morgan fingerprint density at radius 2 is 1.81 bits per heavy atom. The van der Waals surface area contributed by atoms with Crippen molar-refractivity contribution in [3.05, 3.63) is 57.6 Å². The van der Waals surface area contributed by atoms with Crippen LogP contribution in [0.1, 0.15) is 41.6 Å². The fourth-order valence-corrected chi connectivity index (χ4v) is 5.18. The maximum absolute atomic E-state index is 12.8. The lowest BCUT2D eigenvalue weighted by atomic mass is 10.1. The zero-order valence-electron chi connectivity index (χ0n) is 20.4. The number of fused-ring (bicyclic) bond motifs is 1. The number of aldehydes is 2. The van der Waals surface area contributed by atoms with Crippen LogP contribution in [0, 0.1) is 0 Å². The molecule has 2 aromatic rings. The highest BCUT2D eigenvalue weighted by Crippen LogP contribution is 2.34. The number of rotatable bonds is 11. The summed E-state index contributed by atoms with van der Waals surface area (Å²) >= 11 is 12.5. The van der Waals surface area contributed by atoms with Crippen molar-refractivity contribution in [3.63, 3.8) is 0 Å². The van der Waals surface area contributed by atoms with Crippen molar-refractivity contribution in [2.24, 2.45) is 0 Å². The molecule has 2 aliphatic rings. The second-order valence-electron chi connectivity index (χ2n) is 9.06. The smallest absolute Gasteiger partial charge is 0.255 e. The normalized spacial score (nSPS) is 15.9. The molecule has 2 amide bonds. The molecule has 0 aromatic heterocycles. The third-order valence-electron chi connectivity index (χ3n) is 6.79. The van der Waals surface area contributed by atoms with Crippen LogP contribution in [0.2, 0.25) is 10.0 Å². The van der Waals surface area contributed by atoms with Gasteiger partial charge in [0.1, 0.15) is 18.3 Å². The lowest BCUT2D eigenvalue weighted by Gasteiger charge is -2.36. The molecule has 0 spiro atoms. The van der Waals surface area contributed by atoms with E-state index >= 15 is 0 Å². The molecule has 0 bridgehead atoms. The van der Waals surface area contributed by atoms with Gasteiger partial charge in [-0.2, -0.15) is 0 Å². The molecule has 1 atom stereocenters. The Morgan fingerprint density at radius 3 is 2.54 bits per heavy atom. The van der Waals surface area contributed by atoms with Crippen LogP contribution < -0.4 is 9.64 Å². The first-order chi connectivity index (χ1) is 17.9. The molecule has 196 valence electrons. The molecule has 2 aromatic carbocycles. The van der Waals surface area contributed by atoms with Gasteiger partial charge in [0.15, 0.2) is 0 Å². The Morgan fingerprint density at radius 1 is 1.05 bits per heavy atom. The van der Waals surface area contributed by atoms with E-state index in [4.69, 9.17) is 27.9 Å². The van der Waals surface area contributed by atoms with E-state index in [0.717, 1.165) is 17.5 Å². The Bertz CT molecular complexity index is 1170. The number of anilines is 1. The lowest BCUT2D eigenvalue weighted by Crippen LogP contribution is -2.48. The van der Waals surface area contributed by atoms with Gasteiger partial charge in [0.05, 0.1) is 34.9 Å². The van der Waals surface area contributed by atoms with E-state index in [0.29, 0.717) is 79.7 Å². The Kier molecular flexibility index (Phi) is 9.05. The van der Waals surface area contributed by atoms with Crippen LogP contribution in [0.5, 0.6) is 5.75 Å². The number of piperazine rings is 1. The number of ether oxygens (including phenoxy) is 1. The molecule has 1 saturated heterocycles. The Hall–Kier alpha value is -3.10. The molecule has 4 rings (SSSR count). The summed E-state index contributed by atoms with van der Waals surface area (Å²) in [7, 11) is 0. The third kappa shape index (κ3) is 6.08. The standard InChI is InChI=1S/C27H29Cl2N3O5/c28-22-7-2-8-23(26(22)29)30-11-13-31(14-12-30)25(35)10-4-16-37-24-9-1-6-20-21(24)17-32(27(20)36)19(18-34)5-3-15-33/h1-2,6-9,15,18-19H,3-5,10-14,16-17H2. The van der Waals surface area contributed by atoms with Crippen LogP contribution in [0.3, 0.4) is 0 Å². The first-order valence-electron chi connectivity index (χ1n) is 12.4. The summed E-state index contributed by atoms with van der Waals surface area (Å²) in [6, 6.07) is 10.2. The number of hydrogen-bond acceptors (Lipinski definition) is 6. The van der Waals surface area contributed by atoms with Gasteiger partial charge < -0.3 is 29.0 Å². The summed E-state index contributed by atoms with van der Waals surface area (Å²) in [6.07, 6.45) is 2.86. The first kappa shape index (κ1) is 26.9. The first-order valence-corrected chi connectivity index (χ1v) is 13.1. The van der Waals surface area contributed by atoms with Gasteiger partial charge in [-0.15, -0.1) is 0 Å². The Labute approximate surface area is 226 Å². The number of carbonyl (C=O) groups excluding carboxylic acids is 4. The van der Waals surface area contributed by atoms with Gasteiger partial charge in [0.25, 0.3) is 5.91 Å². The van der Waals surface area contributed by atoms with Gasteiger partial charge in [0.2, 0.25) is 5.91 Å². The van der Waals surface area contributed by atoms with Crippen molar-refractivity contribution in [2.45, 2.75) is 38.3 Å². The molecular formula is C27H29Cl2N3O5. The summed E-state index contributed by atoms with van der Waals surface area (Å²) in [5, 5.41) is 1.04. The van der Waals surface area contributed by atoms with E-state index in [9.17, 15) is 19.2 Å². The average molecular weight is 546 g/mol. The van der Waals surface area contributed by atoms with Crippen molar-refractivity contribution in [1.82, 2.24) is 9.80 Å². The number of amides is 2. The number of halogens is 2. The fourth-order valence-electron chi connectivity index (χ4n) is 4.76. The Balaban J connectivity index is 1.25. The molecule has 2 aliphatic heterocycles. The van der Waals surface area contributed by atoms with Crippen LogP contribution >= 0.6 is 23.2 Å². The molecule has 0 saturated carbocycles. The molecular weight excluding hydrogens is 517 g/mol. The van der Waals surface area contributed by atoms with Gasteiger partial charge >= 0.3 is 0 Å². The van der Waals surface area contributed by atoms with Gasteiger partial charge in [0, 0.05) is 50.1 Å². The fraction of sp³-hybridized carbons (Fsp3) is 0.407. The van der Waals surface area contributed by atoms with E-state index < -0.39 is 6.04 Å². The minimum atomic E-state index is -0.647. The number of nitrogens with zero attached hydrogens (tertiary/aromatic N) is 3. The van der Waals surface area contributed by atoms with Crippen molar-refractivity contribution >= 4 is 53.3 Å². The van der Waals surface area contributed by atoms with E-state index in [1.54, 1.807) is 24.3 Å². The summed E-state index contributed by atoms with van der Waals surface area (Å²) in [5.74, 6) is 0.411. The monoisotopic (exact) mass is 545 g/mol. The number of benzene rings is 2. The molecule has 8 nitrogen and oxygen atoms in total. The second kappa shape index (κ2) is 12.4. The minimum Gasteiger partial charge on any atom is -0.493 e. The van der Waals surface area contributed by atoms with Crippen LogP contribution in [-0.4, -0.2) is 73.0 Å². The van der Waals surface area contributed by atoms with Gasteiger partial charge in [-0.3, -0.25) is 9.59 Å². The molecule has 1 unspecified atom stereocenters. The highest BCUT2D eigenvalue weighted by molar-refractivity contribution is 6.43. The topological polar surface area (TPSA) is 87.2 Å².